The molecule has 0 aliphatic rings. The van der Waals surface area contributed by atoms with Gasteiger partial charge in [0.1, 0.15) is 5.82 Å². The molecule has 0 fully saturated rings. The van der Waals surface area contributed by atoms with Crippen molar-refractivity contribution in [2.24, 2.45) is 0 Å². The van der Waals surface area contributed by atoms with E-state index < -0.39 is 5.97 Å². The van der Waals surface area contributed by atoms with Crippen molar-refractivity contribution in [1.82, 2.24) is 4.98 Å². The minimum atomic E-state index is -0.628. The van der Waals surface area contributed by atoms with E-state index in [-0.39, 0.29) is 4.99 Å². The number of nitrogens with one attached hydrogen (secondary N) is 1. The summed E-state index contributed by atoms with van der Waals surface area (Å²) in [5, 5.41) is 2.63. The Morgan fingerprint density at radius 1 is 1.29 bits per heavy atom. The van der Waals surface area contributed by atoms with Crippen molar-refractivity contribution in [2.45, 2.75) is 0 Å². The molecule has 1 aromatic heterocycles. The summed E-state index contributed by atoms with van der Waals surface area (Å²) in [6.07, 6.45) is 0. The van der Waals surface area contributed by atoms with Crippen molar-refractivity contribution < 1.29 is 19.0 Å². The van der Waals surface area contributed by atoms with Crippen LogP contribution in [-0.4, -0.2) is 37.3 Å². The number of carbonyl (C=O) groups excluding carboxylic acids is 1. The van der Waals surface area contributed by atoms with Crippen molar-refractivity contribution >= 4 is 29.0 Å². The molecule has 0 unspecified atom stereocenters. The number of aromatic nitrogens is 1. The van der Waals surface area contributed by atoms with Crippen LogP contribution in [0.25, 0.3) is 0 Å². The van der Waals surface area contributed by atoms with Crippen molar-refractivity contribution in [3.63, 3.8) is 0 Å². The van der Waals surface area contributed by atoms with E-state index in [0.29, 0.717) is 17.4 Å². The second kappa shape index (κ2) is 6.00. The number of ether oxygens (including phenoxy) is 3. The molecule has 0 amide bonds. The van der Waals surface area contributed by atoms with Gasteiger partial charge in [0.05, 0.1) is 21.3 Å². The van der Waals surface area contributed by atoms with E-state index in [9.17, 15) is 4.79 Å². The number of hydrogen-bond acceptors (Lipinski definition) is 6. The minimum Gasteiger partial charge on any atom is -0.491 e. The van der Waals surface area contributed by atoms with E-state index in [4.69, 9.17) is 21.7 Å². The van der Waals surface area contributed by atoms with E-state index in [0.717, 1.165) is 0 Å². The van der Waals surface area contributed by atoms with Gasteiger partial charge < -0.3 is 19.5 Å². The number of methoxy groups -OCH3 is 3. The van der Waals surface area contributed by atoms with E-state index in [2.05, 4.69) is 15.0 Å². The first-order valence-electron chi connectivity index (χ1n) is 4.60. The molecule has 1 rings (SSSR count). The third kappa shape index (κ3) is 3.28. The van der Waals surface area contributed by atoms with Crippen molar-refractivity contribution in [3.05, 3.63) is 12.1 Å². The molecule has 0 atom stereocenters. The van der Waals surface area contributed by atoms with Gasteiger partial charge in [-0.05, 0) is 12.1 Å². The maximum Gasteiger partial charge on any atom is 0.365 e. The topological polar surface area (TPSA) is 69.7 Å². The van der Waals surface area contributed by atoms with Gasteiger partial charge in [-0.2, -0.15) is 4.98 Å². The molecule has 6 nitrogen and oxygen atoms in total. The van der Waals surface area contributed by atoms with Gasteiger partial charge in [0, 0.05) is 0 Å². The second-order valence-corrected chi connectivity index (χ2v) is 3.26. The molecule has 1 heterocycles. The Balaban J connectivity index is 2.86. The van der Waals surface area contributed by atoms with Crippen LogP contribution >= 0.6 is 12.2 Å². The monoisotopic (exact) mass is 256 g/mol. The van der Waals surface area contributed by atoms with Crippen LogP contribution in [0.3, 0.4) is 0 Å². The van der Waals surface area contributed by atoms with Crippen LogP contribution in [0.2, 0.25) is 0 Å². The van der Waals surface area contributed by atoms with Gasteiger partial charge in [-0.3, -0.25) is 0 Å². The smallest absolute Gasteiger partial charge is 0.365 e. The lowest BCUT2D eigenvalue weighted by atomic mass is 10.4. The predicted octanol–water partition coefficient (Wildman–Crippen LogP) is 1.01. The summed E-state index contributed by atoms with van der Waals surface area (Å²) in [6, 6.07) is 3.25. The number of rotatable bonds is 3. The van der Waals surface area contributed by atoms with Crippen LogP contribution in [0, 0.1) is 0 Å². The summed E-state index contributed by atoms with van der Waals surface area (Å²) in [6.45, 7) is 0. The molecule has 1 N–H and O–H groups in total. The normalized spacial score (nSPS) is 9.35. The molecular weight excluding hydrogens is 244 g/mol. The fourth-order valence-corrected chi connectivity index (χ4v) is 1.25. The molecule has 92 valence electrons. The molecule has 0 spiro atoms. The highest BCUT2D eigenvalue weighted by Gasteiger charge is 2.12. The van der Waals surface area contributed by atoms with Crippen LogP contribution < -0.4 is 14.8 Å². The van der Waals surface area contributed by atoms with Crippen molar-refractivity contribution in [3.8, 4) is 11.6 Å². The number of esters is 1. The standard InChI is InChI=1S/C10H12N2O4S/c1-14-6-4-5-7(11-8(6)15-2)12-9(17)10(13)16-3/h4-5H,1-3H3,(H,11,12,17). The molecule has 0 saturated carbocycles. The number of nitrogens with zero attached hydrogens (tertiary/aromatic N) is 1. The Hall–Kier alpha value is -1.89. The molecule has 7 heteroatoms. The van der Waals surface area contributed by atoms with Crippen LogP contribution in [0.1, 0.15) is 0 Å². The zero-order chi connectivity index (χ0) is 12.8. The number of carbonyl (C=O) groups is 1. The third-order valence-corrected chi connectivity index (χ3v) is 2.12. The molecule has 0 aromatic carbocycles. The first-order chi connectivity index (χ1) is 8.12. The summed E-state index contributed by atoms with van der Waals surface area (Å²) < 4.78 is 14.5. The lowest BCUT2D eigenvalue weighted by Crippen LogP contribution is -2.22. The number of thiocarbonyl (C=S) groups is 1. The largest absolute Gasteiger partial charge is 0.491 e. The highest BCUT2D eigenvalue weighted by atomic mass is 32.1. The zero-order valence-electron chi connectivity index (χ0n) is 9.64. The quantitative estimate of drug-likeness (QED) is 0.639. The summed E-state index contributed by atoms with van der Waals surface area (Å²) in [5.41, 5.74) is 0. The third-order valence-electron chi connectivity index (χ3n) is 1.85. The van der Waals surface area contributed by atoms with Gasteiger partial charge in [0.25, 0.3) is 5.88 Å². The number of anilines is 1. The van der Waals surface area contributed by atoms with Crippen LogP contribution in [-0.2, 0) is 9.53 Å². The molecule has 17 heavy (non-hydrogen) atoms. The predicted molar refractivity (Wildman–Crippen MR) is 65.6 cm³/mol. The minimum absolute atomic E-state index is 0.0766. The van der Waals surface area contributed by atoms with Gasteiger partial charge in [0.2, 0.25) is 0 Å². The van der Waals surface area contributed by atoms with Gasteiger partial charge in [-0.1, -0.05) is 12.2 Å². The summed E-state index contributed by atoms with van der Waals surface area (Å²) >= 11 is 4.80. The average Bonchev–Trinajstić information content (AvgIpc) is 2.37. The molecule has 0 aliphatic heterocycles. The molecule has 1 aromatic rings. The highest BCUT2D eigenvalue weighted by Crippen LogP contribution is 2.25. The van der Waals surface area contributed by atoms with Gasteiger partial charge in [0.15, 0.2) is 10.7 Å². The maximum absolute atomic E-state index is 11.1. The first kappa shape index (κ1) is 13.2. The lowest BCUT2D eigenvalue weighted by Gasteiger charge is -2.09. The summed E-state index contributed by atoms with van der Waals surface area (Å²) in [4.78, 5) is 15.1. The Bertz CT molecular complexity index is 436. The zero-order valence-corrected chi connectivity index (χ0v) is 10.5. The maximum atomic E-state index is 11.1. The molecule has 0 aliphatic carbocycles. The van der Waals surface area contributed by atoms with Crippen molar-refractivity contribution in [1.29, 1.82) is 0 Å². The Kier molecular flexibility index (Phi) is 4.65. The number of hydrogen-bond donors (Lipinski definition) is 1. The summed E-state index contributed by atoms with van der Waals surface area (Å²) in [7, 11) is 4.22. The second-order valence-electron chi connectivity index (χ2n) is 2.85. The summed E-state index contributed by atoms with van der Waals surface area (Å²) in [5.74, 6) is 0.529. The van der Waals surface area contributed by atoms with Gasteiger partial charge in [-0.25, -0.2) is 4.79 Å². The number of pyridine rings is 1. The van der Waals surface area contributed by atoms with Crippen LogP contribution in [0.15, 0.2) is 12.1 Å². The van der Waals surface area contributed by atoms with Crippen molar-refractivity contribution in [2.75, 3.05) is 26.6 Å². The lowest BCUT2D eigenvalue weighted by molar-refractivity contribution is -0.132. The highest BCUT2D eigenvalue weighted by molar-refractivity contribution is 7.82. The van der Waals surface area contributed by atoms with E-state index in [1.165, 1.54) is 21.3 Å². The molecular formula is C10H12N2O4S. The SMILES string of the molecule is COC(=O)C(=S)Nc1ccc(OC)c(OC)n1. The Morgan fingerprint density at radius 3 is 2.53 bits per heavy atom. The fourth-order valence-electron chi connectivity index (χ4n) is 1.06. The molecule has 0 radical (unpaired) electrons. The van der Waals surface area contributed by atoms with E-state index in [1.807, 2.05) is 0 Å². The van der Waals surface area contributed by atoms with E-state index in [1.54, 1.807) is 12.1 Å². The Labute approximate surface area is 104 Å². The van der Waals surface area contributed by atoms with Crippen LogP contribution in [0.4, 0.5) is 5.82 Å². The first-order valence-corrected chi connectivity index (χ1v) is 5.01. The fraction of sp³-hybridized carbons (Fsp3) is 0.300. The average molecular weight is 256 g/mol. The molecule has 0 bridgehead atoms. The van der Waals surface area contributed by atoms with Gasteiger partial charge >= 0.3 is 5.97 Å². The van der Waals surface area contributed by atoms with E-state index >= 15 is 0 Å². The molecule has 0 saturated heterocycles. The van der Waals surface area contributed by atoms with Gasteiger partial charge in [-0.15, -0.1) is 0 Å². The Morgan fingerprint density at radius 2 is 2.00 bits per heavy atom. The van der Waals surface area contributed by atoms with Crippen LogP contribution in [0.5, 0.6) is 11.6 Å².